The van der Waals surface area contributed by atoms with Crippen LogP contribution in [0.5, 0.6) is 0 Å². The largest absolute Gasteiger partial charge is 0.437 e. The first-order valence-electron chi connectivity index (χ1n) is 12.3. The van der Waals surface area contributed by atoms with Gasteiger partial charge in [0, 0.05) is 60.4 Å². The van der Waals surface area contributed by atoms with Crippen molar-refractivity contribution in [1.29, 1.82) is 0 Å². The molecule has 1 saturated heterocycles. The van der Waals surface area contributed by atoms with Crippen molar-refractivity contribution in [2.75, 3.05) is 36.4 Å². The van der Waals surface area contributed by atoms with Crippen molar-refractivity contribution in [2.45, 2.75) is 13.0 Å². The van der Waals surface area contributed by atoms with E-state index in [4.69, 9.17) is 0 Å². The number of aromatic nitrogens is 3. The number of nitrogens with one attached hydrogen (secondary N) is 2. The normalized spacial score (nSPS) is 14.1. The van der Waals surface area contributed by atoms with Gasteiger partial charge in [0.25, 0.3) is 5.91 Å². The Morgan fingerprint density at radius 3 is 2.56 bits per heavy atom. The van der Waals surface area contributed by atoms with Crippen LogP contribution in [0.15, 0.2) is 61.1 Å². The highest BCUT2D eigenvalue weighted by molar-refractivity contribution is 6.45. The van der Waals surface area contributed by atoms with E-state index in [1.807, 2.05) is 6.07 Å². The molecule has 0 bridgehead atoms. The van der Waals surface area contributed by atoms with Gasteiger partial charge in [0.1, 0.15) is 0 Å². The number of benzene rings is 2. The van der Waals surface area contributed by atoms with Gasteiger partial charge < -0.3 is 25.0 Å². The predicted octanol–water partition coefficient (Wildman–Crippen LogP) is 3.86. The number of rotatable bonds is 4. The average molecular weight is 532 g/mol. The predicted molar refractivity (Wildman–Crippen MR) is 143 cm³/mol. The number of alkyl halides is 3. The maximum atomic E-state index is 14.0. The minimum Gasteiger partial charge on any atom is -0.437 e. The molecule has 198 valence electrons. The number of hydrogen-bond acceptors (Lipinski definition) is 6. The fourth-order valence-corrected chi connectivity index (χ4v) is 4.44. The van der Waals surface area contributed by atoms with Crippen molar-refractivity contribution in [1.82, 2.24) is 19.8 Å². The lowest BCUT2D eigenvalue weighted by Crippen LogP contribution is -2.51. The zero-order valence-corrected chi connectivity index (χ0v) is 21.0. The minimum atomic E-state index is -4.61. The van der Waals surface area contributed by atoms with E-state index in [2.05, 4.69) is 32.1 Å². The molecule has 0 spiro atoms. The maximum Gasteiger partial charge on any atom is 0.418 e. The van der Waals surface area contributed by atoms with E-state index < -0.39 is 24.7 Å². The summed E-state index contributed by atoms with van der Waals surface area (Å²) in [5.41, 5.74) is 2.08. The summed E-state index contributed by atoms with van der Waals surface area (Å²) in [6.07, 6.45) is -1.47. The van der Waals surface area contributed by atoms with E-state index in [0.717, 1.165) is 11.6 Å². The second kappa shape index (κ2) is 10.8. The monoisotopic (exact) mass is 532 g/mol. The number of imidazole rings is 1. The second-order valence-electron chi connectivity index (χ2n) is 9.17. The molecule has 1 aliphatic rings. The van der Waals surface area contributed by atoms with Crippen LogP contribution in [-0.4, -0.2) is 63.9 Å². The molecule has 0 unspecified atom stereocenters. The van der Waals surface area contributed by atoms with Crippen LogP contribution in [0.1, 0.15) is 27.0 Å². The summed E-state index contributed by atoms with van der Waals surface area (Å²) < 4.78 is 41.9. The van der Waals surface area contributed by atoms with Crippen molar-refractivity contribution in [2.24, 2.45) is 0 Å². The summed E-state index contributed by atoms with van der Waals surface area (Å²) >= 11 is 0. The third kappa shape index (κ3) is 6.05. The lowest BCUT2D eigenvalue weighted by Gasteiger charge is -2.37. The number of piperazine rings is 1. The first-order valence-corrected chi connectivity index (χ1v) is 12.3. The fourth-order valence-electron chi connectivity index (χ4n) is 4.44. The van der Waals surface area contributed by atoms with Gasteiger partial charge in [-0.15, -0.1) is 0 Å². The molecule has 1 amide bonds. The van der Waals surface area contributed by atoms with E-state index in [9.17, 15) is 23.0 Å². The van der Waals surface area contributed by atoms with Gasteiger partial charge in [-0.05, 0) is 49.3 Å². The van der Waals surface area contributed by atoms with Crippen LogP contribution < -0.4 is 10.2 Å². The Bertz CT molecular complexity index is 1570. The summed E-state index contributed by atoms with van der Waals surface area (Å²) in [4.78, 5) is 27.6. The zero-order valence-electron chi connectivity index (χ0n) is 21.0. The van der Waals surface area contributed by atoms with Crippen LogP contribution in [-0.2, 0) is 6.18 Å². The Morgan fingerprint density at radius 1 is 1.05 bits per heavy atom. The van der Waals surface area contributed by atoms with Gasteiger partial charge in [-0.25, -0.2) is 9.97 Å². The molecule has 4 aromatic rings. The zero-order chi connectivity index (χ0) is 27.6. The van der Waals surface area contributed by atoms with Gasteiger partial charge in [0.05, 0.1) is 17.4 Å². The molecule has 3 heterocycles. The van der Waals surface area contributed by atoms with E-state index >= 15 is 0 Å². The smallest absolute Gasteiger partial charge is 0.418 e. The fraction of sp³-hybridized carbons (Fsp3) is 0.222. The van der Waals surface area contributed by atoms with Crippen molar-refractivity contribution in [3.8, 4) is 11.8 Å². The Morgan fingerprint density at radius 2 is 1.82 bits per heavy atom. The van der Waals surface area contributed by atoms with E-state index in [-0.39, 0.29) is 16.9 Å². The van der Waals surface area contributed by atoms with Crippen LogP contribution in [0.2, 0.25) is 6.82 Å². The highest BCUT2D eigenvalue weighted by atomic mass is 19.4. The summed E-state index contributed by atoms with van der Waals surface area (Å²) in [7, 11) is -0.653. The Labute approximate surface area is 223 Å². The molecule has 5 rings (SSSR count). The van der Waals surface area contributed by atoms with Crippen molar-refractivity contribution >= 4 is 35.5 Å². The van der Waals surface area contributed by atoms with E-state index in [1.165, 1.54) is 12.1 Å². The lowest BCUT2D eigenvalue weighted by atomic mass is 9.84. The van der Waals surface area contributed by atoms with E-state index in [1.54, 1.807) is 53.3 Å². The van der Waals surface area contributed by atoms with Gasteiger partial charge in [0.15, 0.2) is 5.65 Å². The molecule has 8 nitrogen and oxygen atoms in total. The number of carbonyl (C=O) groups excluding carboxylic acids is 1. The molecule has 0 radical (unpaired) electrons. The highest BCUT2D eigenvalue weighted by Gasteiger charge is 2.36. The number of pyridine rings is 1. The van der Waals surface area contributed by atoms with Crippen molar-refractivity contribution in [3.63, 3.8) is 0 Å². The molecule has 2 aromatic heterocycles. The number of nitrogens with zero attached hydrogens (tertiary/aromatic N) is 4. The van der Waals surface area contributed by atoms with Gasteiger partial charge in [-0.2, -0.15) is 13.2 Å². The van der Waals surface area contributed by atoms with E-state index in [0.29, 0.717) is 43.0 Å². The quantitative estimate of drug-likeness (QED) is 0.273. The molecule has 3 N–H and O–H groups in total. The summed E-state index contributed by atoms with van der Waals surface area (Å²) in [6, 6.07) is 12.1. The third-order valence-electron chi connectivity index (χ3n) is 6.49. The van der Waals surface area contributed by atoms with Crippen LogP contribution in [0.3, 0.4) is 0 Å². The van der Waals surface area contributed by atoms with Crippen molar-refractivity contribution in [3.05, 3.63) is 83.3 Å². The molecule has 0 atom stereocenters. The van der Waals surface area contributed by atoms with Crippen LogP contribution in [0, 0.1) is 11.8 Å². The van der Waals surface area contributed by atoms with Gasteiger partial charge >= 0.3 is 13.2 Å². The molecule has 2 aromatic carbocycles. The first kappa shape index (κ1) is 26.3. The number of fused-ring (bicyclic) bond motifs is 1. The van der Waals surface area contributed by atoms with Gasteiger partial charge in [0.2, 0.25) is 0 Å². The number of hydrogen-bond donors (Lipinski definition) is 3. The molecule has 0 saturated carbocycles. The SMILES string of the molecule is CB(O)N1CCN(c2ccc(NC(=O)c3cccc(C#Cc4cnc5nc[nH]c5c4)c3)cc2C(F)(F)F)CC1. The summed E-state index contributed by atoms with van der Waals surface area (Å²) in [5.74, 6) is 5.42. The Balaban J connectivity index is 1.32. The van der Waals surface area contributed by atoms with Crippen LogP contribution in [0.4, 0.5) is 24.5 Å². The number of anilines is 2. The number of halogens is 3. The number of carbonyl (C=O) groups is 1. The van der Waals surface area contributed by atoms with Crippen LogP contribution in [0.25, 0.3) is 11.2 Å². The molecular formula is C27H24BF3N6O2. The van der Waals surface area contributed by atoms with Gasteiger partial charge in [-0.1, -0.05) is 17.9 Å². The average Bonchev–Trinajstić information content (AvgIpc) is 3.40. The molecule has 1 aliphatic heterocycles. The molecular weight excluding hydrogens is 508 g/mol. The standard InChI is InChI=1S/C27H24BF3N6O2/c1-28(39)37-11-9-36(10-12-37)24-8-7-21(15-22(24)27(29,30)31)35-26(38)20-4-2-3-18(13-20)5-6-19-14-23-25(32-16-19)34-17-33-23/h2-4,7-8,13-17,39H,9-12H2,1H3,(H,35,38)(H,32,33,34). The second-order valence-corrected chi connectivity index (χ2v) is 9.17. The van der Waals surface area contributed by atoms with Crippen LogP contribution >= 0.6 is 0 Å². The number of H-pyrrole nitrogens is 1. The Hall–Kier alpha value is -4.34. The third-order valence-corrected chi connectivity index (χ3v) is 6.49. The summed E-state index contributed by atoms with van der Waals surface area (Å²) in [5, 5.41) is 12.3. The Kier molecular flexibility index (Phi) is 7.28. The number of amides is 1. The minimum absolute atomic E-state index is 0.0362. The first-order chi connectivity index (χ1) is 18.7. The van der Waals surface area contributed by atoms with Gasteiger partial charge in [-0.3, -0.25) is 4.79 Å². The lowest BCUT2D eigenvalue weighted by molar-refractivity contribution is -0.137. The van der Waals surface area contributed by atoms with Crippen molar-refractivity contribution < 1.29 is 23.0 Å². The highest BCUT2D eigenvalue weighted by Crippen LogP contribution is 2.38. The summed E-state index contributed by atoms with van der Waals surface area (Å²) in [6.45, 7) is 3.22. The maximum absolute atomic E-state index is 14.0. The number of aromatic amines is 1. The topological polar surface area (TPSA) is 97.4 Å². The molecule has 39 heavy (non-hydrogen) atoms. The molecule has 0 aliphatic carbocycles. The molecule has 1 fully saturated rings. The molecule has 12 heteroatoms.